The fourth-order valence-electron chi connectivity index (χ4n) is 2.05. The molecule has 0 unspecified atom stereocenters. The molecule has 2 rings (SSSR count). The normalized spacial score (nSPS) is 11.5. The molecule has 0 saturated carbocycles. The van der Waals surface area contributed by atoms with Crippen LogP contribution in [0.3, 0.4) is 0 Å². The number of rotatable bonds is 7. The number of para-hydroxylation sites is 1. The van der Waals surface area contributed by atoms with Gasteiger partial charge in [-0.3, -0.25) is 0 Å². The molecule has 0 N–H and O–H groups in total. The Morgan fingerprint density at radius 2 is 2.04 bits per heavy atom. The number of fused-ring (bicyclic) bond motifs is 1. The third-order valence-corrected chi connectivity index (χ3v) is 5.79. The summed E-state index contributed by atoms with van der Waals surface area (Å²) in [5.74, 6) is 0.0480. The summed E-state index contributed by atoms with van der Waals surface area (Å²) in [5.41, 5.74) is 0.853. The molecule has 0 bridgehead atoms. The molecule has 7 heteroatoms. The third kappa shape index (κ3) is 5.02. The number of hydrogen-bond donors (Lipinski definition) is 0. The standard InChI is InChI=1S/C17H22BrNO4Si/c1-21-17(20)14-10-15(23-11-22-8-9-24(2,3)4)12-6-5-7-13(18)16(12)19-14/h5-7,10H,8-9,11H2,1-4H3. The van der Waals surface area contributed by atoms with E-state index in [4.69, 9.17) is 14.2 Å². The van der Waals surface area contributed by atoms with Gasteiger partial charge in [0.2, 0.25) is 0 Å². The molecule has 0 fully saturated rings. The number of halogens is 1. The van der Waals surface area contributed by atoms with Crippen LogP contribution in [0.15, 0.2) is 28.7 Å². The zero-order chi connectivity index (χ0) is 17.7. The van der Waals surface area contributed by atoms with Gasteiger partial charge < -0.3 is 14.2 Å². The second-order valence-electron chi connectivity index (χ2n) is 6.61. The van der Waals surface area contributed by atoms with E-state index in [1.807, 2.05) is 18.2 Å². The van der Waals surface area contributed by atoms with E-state index in [1.165, 1.54) is 7.11 Å². The van der Waals surface area contributed by atoms with Crippen LogP contribution in [0.1, 0.15) is 10.5 Å². The number of carbonyl (C=O) groups excluding carboxylic acids is 1. The molecule has 0 aliphatic rings. The van der Waals surface area contributed by atoms with E-state index in [1.54, 1.807) is 6.07 Å². The smallest absolute Gasteiger partial charge is 0.356 e. The van der Waals surface area contributed by atoms with Crippen molar-refractivity contribution in [3.63, 3.8) is 0 Å². The summed E-state index contributed by atoms with van der Waals surface area (Å²) in [6.45, 7) is 7.71. The zero-order valence-electron chi connectivity index (χ0n) is 14.4. The first-order valence-electron chi connectivity index (χ1n) is 7.70. The Balaban J connectivity index is 2.18. The van der Waals surface area contributed by atoms with E-state index in [9.17, 15) is 4.79 Å². The molecule has 24 heavy (non-hydrogen) atoms. The molecule has 5 nitrogen and oxygen atoms in total. The van der Waals surface area contributed by atoms with Gasteiger partial charge in [-0.15, -0.1) is 0 Å². The van der Waals surface area contributed by atoms with Gasteiger partial charge in [-0.1, -0.05) is 25.7 Å². The Morgan fingerprint density at radius 1 is 1.29 bits per heavy atom. The first kappa shape index (κ1) is 18.9. The highest BCUT2D eigenvalue weighted by molar-refractivity contribution is 9.10. The Morgan fingerprint density at radius 3 is 2.71 bits per heavy atom. The molecule has 0 amide bonds. The number of methoxy groups -OCH3 is 1. The van der Waals surface area contributed by atoms with Gasteiger partial charge in [0.1, 0.15) is 5.75 Å². The highest BCUT2D eigenvalue weighted by Gasteiger charge is 2.15. The van der Waals surface area contributed by atoms with Crippen molar-refractivity contribution >= 4 is 40.9 Å². The van der Waals surface area contributed by atoms with Crippen molar-refractivity contribution < 1.29 is 19.0 Å². The van der Waals surface area contributed by atoms with Crippen molar-refractivity contribution in [3.05, 3.63) is 34.4 Å². The lowest BCUT2D eigenvalue weighted by Crippen LogP contribution is -2.22. The van der Waals surface area contributed by atoms with Gasteiger partial charge in [-0.05, 0) is 34.1 Å². The van der Waals surface area contributed by atoms with Crippen molar-refractivity contribution in [2.24, 2.45) is 0 Å². The van der Waals surface area contributed by atoms with Crippen molar-refractivity contribution in [2.75, 3.05) is 20.5 Å². The maximum atomic E-state index is 11.8. The SMILES string of the molecule is COC(=O)c1cc(OCOCC[Si](C)(C)C)c2cccc(Br)c2n1. The van der Waals surface area contributed by atoms with Gasteiger partial charge in [0.15, 0.2) is 12.5 Å². The average molecular weight is 412 g/mol. The monoisotopic (exact) mass is 411 g/mol. The van der Waals surface area contributed by atoms with Crippen LogP contribution in [-0.2, 0) is 9.47 Å². The van der Waals surface area contributed by atoms with Gasteiger partial charge in [0.05, 0.1) is 12.6 Å². The fourth-order valence-corrected chi connectivity index (χ4v) is 3.27. The molecule has 1 heterocycles. The van der Waals surface area contributed by atoms with Crippen LogP contribution in [0.4, 0.5) is 0 Å². The molecule has 1 aromatic heterocycles. The molecule has 0 saturated heterocycles. The molecule has 1 aromatic carbocycles. The maximum Gasteiger partial charge on any atom is 0.356 e. The van der Waals surface area contributed by atoms with E-state index < -0.39 is 14.0 Å². The van der Waals surface area contributed by atoms with E-state index in [2.05, 4.69) is 40.6 Å². The highest BCUT2D eigenvalue weighted by atomic mass is 79.9. The third-order valence-electron chi connectivity index (χ3n) is 3.44. The molecule has 2 aromatic rings. The Kier molecular flexibility index (Phi) is 6.37. The maximum absolute atomic E-state index is 11.8. The van der Waals surface area contributed by atoms with Gasteiger partial charge >= 0.3 is 5.97 Å². The first-order valence-corrected chi connectivity index (χ1v) is 12.2. The lowest BCUT2D eigenvalue weighted by Gasteiger charge is -2.16. The van der Waals surface area contributed by atoms with Gasteiger partial charge in [-0.2, -0.15) is 0 Å². The van der Waals surface area contributed by atoms with E-state index in [0.717, 1.165) is 15.9 Å². The highest BCUT2D eigenvalue weighted by Crippen LogP contribution is 2.30. The van der Waals surface area contributed by atoms with E-state index in [-0.39, 0.29) is 12.5 Å². The summed E-state index contributed by atoms with van der Waals surface area (Å²) in [5, 5.41) is 0.811. The van der Waals surface area contributed by atoms with Crippen LogP contribution in [0.25, 0.3) is 10.9 Å². The molecule has 0 radical (unpaired) electrons. The zero-order valence-corrected chi connectivity index (χ0v) is 17.0. The Hall–Kier alpha value is -1.44. The Labute approximate surface area is 151 Å². The molecule has 0 aliphatic carbocycles. The average Bonchev–Trinajstić information content (AvgIpc) is 2.53. The summed E-state index contributed by atoms with van der Waals surface area (Å²) < 4.78 is 16.9. The van der Waals surface area contributed by atoms with Crippen LogP contribution in [0, 0.1) is 0 Å². The molecule has 0 aliphatic heterocycles. The first-order chi connectivity index (χ1) is 11.3. The summed E-state index contributed by atoms with van der Waals surface area (Å²) in [6.07, 6.45) is 0. The summed E-state index contributed by atoms with van der Waals surface area (Å²) in [7, 11) is 0.203. The van der Waals surface area contributed by atoms with Crippen LogP contribution < -0.4 is 4.74 Å². The number of hydrogen-bond acceptors (Lipinski definition) is 5. The predicted octanol–water partition coefficient (Wildman–Crippen LogP) is 4.48. The van der Waals surface area contributed by atoms with Gasteiger partial charge in [0, 0.05) is 30.6 Å². The number of esters is 1. The van der Waals surface area contributed by atoms with Crippen molar-refractivity contribution in [1.29, 1.82) is 0 Å². The summed E-state index contributed by atoms with van der Waals surface area (Å²) >= 11 is 3.45. The molecule has 0 spiro atoms. The van der Waals surface area contributed by atoms with Crippen molar-refractivity contribution in [3.8, 4) is 5.75 Å². The molecular formula is C17H22BrNO4Si. The second kappa shape index (κ2) is 8.09. The molecule has 0 atom stereocenters. The van der Waals surface area contributed by atoms with Crippen molar-refractivity contribution in [2.45, 2.75) is 25.7 Å². The molecule has 130 valence electrons. The number of ether oxygens (including phenoxy) is 3. The van der Waals surface area contributed by atoms with Gasteiger partial charge in [0.25, 0.3) is 0 Å². The predicted molar refractivity (Wildman–Crippen MR) is 100 cm³/mol. The molecular weight excluding hydrogens is 390 g/mol. The topological polar surface area (TPSA) is 57.7 Å². The lowest BCUT2D eigenvalue weighted by atomic mass is 10.2. The van der Waals surface area contributed by atoms with E-state index >= 15 is 0 Å². The fraction of sp³-hybridized carbons (Fsp3) is 0.412. The van der Waals surface area contributed by atoms with Crippen LogP contribution in [-0.4, -0.2) is 39.5 Å². The van der Waals surface area contributed by atoms with E-state index in [0.29, 0.717) is 17.9 Å². The number of carbonyl (C=O) groups is 1. The number of aromatic nitrogens is 1. The summed E-state index contributed by atoms with van der Waals surface area (Å²) in [4.78, 5) is 16.2. The van der Waals surface area contributed by atoms with Crippen LogP contribution in [0.2, 0.25) is 25.7 Å². The number of benzene rings is 1. The second-order valence-corrected chi connectivity index (χ2v) is 13.1. The minimum Gasteiger partial charge on any atom is -0.467 e. The van der Waals surface area contributed by atoms with Gasteiger partial charge in [-0.25, -0.2) is 9.78 Å². The number of nitrogens with zero attached hydrogens (tertiary/aromatic N) is 1. The van der Waals surface area contributed by atoms with Crippen LogP contribution >= 0.6 is 15.9 Å². The lowest BCUT2D eigenvalue weighted by molar-refractivity contribution is 0.0227. The minimum atomic E-state index is -1.12. The quantitative estimate of drug-likeness (QED) is 0.291. The Bertz CT molecular complexity index is 730. The minimum absolute atomic E-state index is 0.136. The largest absolute Gasteiger partial charge is 0.467 e. The number of pyridine rings is 1. The van der Waals surface area contributed by atoms with Crippen molar-refractivity contribution in [1.82, 2.24) is 4.98 Å². The summed E-state index contributed by atoms with van der Waals surface area (Å²) in [6, 6.07) is 8.32. The van der Waals surface area contributed by atoms with Crippen LogP contribution in [0.5, 0.6) is 5.75 Å².